The molecule has 1 saturated carbocycles. The van der Waals surface area contributed by atoms with Crippen molar-refractivity contribution in [1.82, 2.24) is 15.2 Å². The monoisotopic (exact) mass is 270 g/mol. The van der Waals surface area contributed by atoms with Gasteiger partial charge >= 0.3 is 0 Å². The third-order valence-electron chi connectivity index (χ3n) is 4.06. The minimum atomic E-state index is 0.468. The van der Waals surface area contributed by atoms with Gasteiger partial charge in [-0.05, 0) is 43.7 Å². The normalized spacial score (nSPS) is 21.1. The Bertz CT molecular complexity index is 600. The van der Waals surface area contributed by atoms with Crippen LogP contribution in [0.3, 0.4) is 0 Å². The molecule has 1 aliphatic rings. The van der Waals surface area contributed by atoms with E-state index in [1.807, 2.05) is 13.0 Å². The van der Waals surface area contributed by atoms with Crippen molar-refractivity contribution < 1.29 is 0 Å². The Morgan fingerprint density at radius 2 is 2.20 bits per heavy atom. The minimum Gasteiger partial charge on any atom is -0.382 e. The highest BCUT2D eigenvalue weighted by atomic mass is 15.2. The third-order valence-corrected chi connectivity index (χ3v) is 4.06. The fourth-order valence-electron chi connectivity index (χ4n) is 3.01. The number of H-pyrrole nitrogens is 1. The largest absolute Gasteiger partial charge is 0.382 e. The predicted molar refractivity (Wildman–Crippen MR) is 81.6 cm³/mol. The molecule has 1 aliphatic carbocycles. The van der Waals surface area contributed by atoms with E-state index in [0.717, 1.165) is 22.9 Å². The van der Waals surface area contributed by atoms with Gasteiger partial charge in [0.25, 0.3) is 0 Å². The van der Waals surface area contributed by atoms with Crippen LogP contribution in [0.5, 0.6) is 0 Å². The smallest absolute Gasteiger partial charge is 0.181 e. The van der Waals surface area contributed by atoms with Gasteiger partial charge in [0, 0.05) is 17.3 Å². The summed E-state index contributed by atoms with van der Waals surface area (Å²) >= 11 is 0. The summed E-state index contributed by atoms with van der Waals surface area (Å²) in [4.78, 5) is 4.38. The summed E-state index contributed by atoms with van der Waals surface area (Å²) in [6.07, 6.45) is 3.78. The van der Waals surface area contributed by atoms with Crippen LogP contribution in [-0.2, 0) is 0 Å². The Labute approximate surface area is 120 Å². The summed E-state index contributed by atoms with van der Waals surface area (Å²) < 4.78 is 0. The molecule has 1 heterocycles. The van der Waals surface area contributed by atoms with Gasteiger partial charge in [0.1, 0.15) is 5.82 Å². The Morgan fingerprint density at radius 1 is 1.35 bits per heavy atom. The first-order valence-corrected chi connectivity index (χ1v) is 7.28. The first-order chi connectivity index (χ1) is 9.52. The molecule has 2 aromatic rings. The van der Waals surface area contributed by atoms with Crippen molar-refractivity contribution in [1.29, 1.82) is 0 Å². The molecule has 20 heavy (non-hydrogen) atoms. The van der Waals surface area contributed by atoms with Gasteiger partial charge in [0.15, 0.2) is 5.82 Å². The highest BCUT2D eigenvalue weighted by Crippen LogP contribution is 2.38. The lowest BCUT2D eigenvalue weighted by Gasteiger charge is -2.18. The van der Waals surface area contributed by atoms with Crippen LogP contribution in [0.2, 0.25) is 0 Å². The lowest BCUT2D eigenvalue weighted by molar-refractivity contribution is 0.378. The SMILES string of the molecule is Cc1nc(-c2cccc(NC3CCC(C)(C)C3)c2)n[nH]1. The van der Waals surface area contributed by atoms with Gasteiger partial charge in [-0.2, -0.15) is 5.10 Å². The molecule has 1 aromatic heterocycles. The van der Waals surface area contributed by atoms with E-state index in [4.69, 9.17) is 0 Å². The number of nitrogens with zero attached hydrogens (tertiary/aromatic N) is 2. The molecule has 1 atom stereocenters. The van der Waals surface area contributed by atoms with E-state index in [0.29, 0.717) is 11.5 Å². The molecule has 0 radical (unpaired) electrons. The van der Waals surface area contributed by atoms with Gasteiger partial charge in [-0.3, -0.25) is 5.10 Å². The number of aromatic nitrogens is 3. The number of aromatic amines is 1. The number of hydrogen-bond acceptors (Lipinski definition) is 3. The number of nitrogens with one attached hydrogen (secondary N) is 2. The molecule has 0 aliphatic heterocycles. The third kappa shape index (κ3) is 2.84. The standard InChI is InChI=1S/C16H22N4/c1-11-17-15(20-19-11)12-5-4-6-13(9-12)18-14-7-8-16(2,3)10-14/h4-6,9,14,18H,7-8,10H2,1-3H3,(H,17,19,20). The number of rotatable bonds is 3. The first-order valence-electron chi connectivity index (χ1n) is 7.28. The lowest BCUT2D eigenvalue weighted by Crippen LogP contribution is -2.17. The van der Waals surface area contributed by atoms with Crippen molar-refractivity contribution in [2.75, 3.05) is 5.32 Å². The average Bonchev–Trinajstić information content (AvgIpc) is 2.96. The van der Waals surface area contributed by atoms with E-state index in [9.17, 15) is 0 Å². The number of anilines is 1. The predicted octanol–water partition coefficient (Wildman–Crippen LogP) is 3.77. The summed E-state index contributed by atoms with van der Waals surface area (Å²) in [5, 5.41) is 10.8. The van der Waals surface area contributed by atoms with Crippen molar-refractivity contribution in [2.24, 2.45) is 5.41 Å². The van der Waals surface area contributed by atoms with Crippen molar-refractivity contribution in [3.8, 4) is 11.4 Å². The van der Waals surface area contributed by atoms with Crippen molar-refractivity contribution in [2.45, 2.75) is 46.1 Å². The van der Waals surface area contributed by atoms with Gasteiger partial charge in [0.05, 0.1) is 0 Å². The first kappa shape index (κ1) is 13.2. The van der Waals surface area contributed by atoms with E-state index < -0.39 is 0 Å². The Hall–Kier alpha value is -1.84. The van der Waals surface area contributed by atoms with Crippen molar-refractivity contribution >= 4 is 5.69 Å². The van der Waals surface area contributed by atoms with Crippen LogP contribution < -0.4 is 5.32 Å². The van der Waals surface area contributed by atoms with E-state index in [1.165, 1.54) is 19.3 Å². The Balaban J connectivity index is 1.75. The maximum atomic E-state index is 4.38. The molecular weight excluding hydrogens is 248 g/mol. The molecule has 0 spiro atoms. The molecule has 0 saturated heterocycles. The average molecular weight is 270 g/mol. The number of hydrogen-bond donors (Lipinski definition) is 2. The zero-order chi connectivity index (χ0) is 14.2. The molecule has 0 bridgehead atoms. The molecule has 1 fully saturated rings. The second-order valence-electron chi connectivity index (χ2n) is 6.57. The van der Waals surface area contributed by atoms with E-state index in [2.05, 4.69) is 52.5 Å². The zero-order valence-electron chi connectivity index (χ0n) is 12.4. The van der Waals surface area contributed by atoms with Crippen LogP contribution in [-0.4, -0.2) is 21.2 Å². The molecule has 4 nitrogen and oxygen atoms in total. The lowest BCUT2D eigenvalue weighted by atomic mass is 9.92. The molecule has 3 rings (SSSR count). The fourth-order valence-corrected chi connectivity index (χ4v) is 3.01. The fraction of sp³-hybridized carbons (Fsp3) is 0.500. The minimum absolute atomic E-state index is 0.468. The maximum absolute atomic E-state index is 4.38. The molecule has 4 heteroatoms. The summed E-state index contributed by atoms with van der Waals surface area (Å²) in [7, 11) is 0. The second-order valence-corrected chi connectivity index (χ2v) is 6.57. The molecule has 1 unspecified atom stereocenters. The topological polar surface area (TPSA) is 53.6 Å². The molecule has 2 N–H and O–H groups in total. The summed E-state index contributed by atoms with van der Waals surface area (Å²) in [5.74, 6) is 1.61. The highest BCUT2D eigenvalue weighted by Gasteiger charge is 2.30. The van der Waals surface area contributed by atoms with Crippen LogP contribution in [0.4, 0.5) is 5.69 Å². The van der Waals surface area contributed by atoms with Crippen LogP contribution in [0.15, 0.2) is 24.3 Å². The van der Waals surface area contributed by atoms with Crippen LogP contribution in [0.25, 0.3) is 11.4 Å². The van der Waals surface area contributed by atoms with E-state index in [-0.39, 0.29) is 0 Å². The summed E-state index contributed by atoms with van der Waals surface area (Å²) in [6.45, 7) is 6.61. The Kier molecular flexibility index (Phi) is 3.24. The van der Waals surface area contributed by atoms with E-state index >= 15 is 0 Å². The summed E-state index contributed by atoms with van der Waals surface area (Å²) in [6, 6.07) is 8.94. The van der Waals surface area contributed by atoms with Gasteiger partial charge in [-0.25, -0.2) is 4.98 Å². The summed E-state index contributed by atoms with van der Waals surface area (Å²) in [5.41, 5.74) is 2.68. The molecule has 1 aromatic carbocycles. The van der Waals surface area contributed by atoms with Crippen LogP contribution in [0, 0.1) is 12.3 Å². The van der Waals surface area contributed by atoms with Gasteiger partial charge < -0.3 is 5.32 Å². The maximum Gasteiger partial charge on any atom is 0.181 e. The quantitative estimate of drug-likeness (QED) is 0.892. The van der Waals surface area contributed by atoms with E-state index in [1.54, 1.807) is 0 Å². The van der Waals surface area contributed by atoms with Crippen molar-refractivity contribution in [3.05, 3.63) is 30.1 Å². The van der Waals surface area contributed by atoms with Crippen LogP contribution in [0.1, 0.15) is 38.9 Å². The second kappa shape index (κ2) is 4.93. The van der Waals surface area contributed by atoms with Crippen LogP contribution >= 0.6 is 0 Å². The number of benzene rings is 1. The van der Waals surface area contributed by atoms with Crippen molar-refractivity contribution in [3.63, 3.8) is 0 Å². The van der Waals surface area contributed by atoms with Gasteiger partial charge in [-0.15, -0.1) is 0 Å². The molecular formula is C16H22N4. The number of aryl methyl sites for hydroxylation is 1. The van der Waals surface area contributed by atoms with Gasteiger partial charge in [-0.1, -0.05) is 26.0 Å². The molecule has 0 amide bonds. The van der Waals surface area contributed by atoms with Gasteiger partial charge in [0.2, 0.25) is 0 Å². The highest BCUT2D eigenvalue weighted by molar-refractivity contribution is 5.62. The Morgan fingerprint density at radius 3 is 2.85 bits per heavy atom. The zero-order valence-corrected chi connectivity index (χ0v) is 12.4. The molecule has 106 valence electrons.